The van der Waals surface area contributed by atoms with Crippen molar-refractivity contribution >= 4 is 17.4 Å². The summed E-state index contributed by atoms with van der Waals surface area (Å²) in [6.07, 6.45) is 15.1. The van der Waals surface area contributed by atoms with Gasteiger partial charge in [-0.25, -0.2) is 0 Å². The Morgan fingerprint density at radius 3 is 2.34 bits per heavy atom. The fourth-order valence-electron chi connectivity index (χ4n) is 9.84. The topological polar surface area (TPSA) is 17.1 Å². The molecule has 0 amide bonds. The lowest BCUT2D eigenvalue weighted by atomic mass is 9.43. The van der Waals surface area contributed by atoms with Crippen LogP contribution in [0.4, 0.5) is 0 Å². The predicted molar refractivity (Wildman–Crippen MR) is 137 cm³/mol. The molecule has 0 aromatic rings. The number of carbonyl (C=O) groups is 1. The van der Waals surface area contributed by atoms with E-state index in [0.717, 1.165) is 48.3 Å². The summed E-state index contributed by atoms with van der Waals surface area (Å²) in [7, 11) is 0. The summed E-state index contributed by atoms with van der Waals surface area (Å²) in [6, 6.07) is 0. The second-order valence-electron chi connectivity index (χ2n) is 13.4. The highest BCUT2D eigenvalue weighted by molar-refractivity contribution is 6.29. The zero-order valence-corrected chi connectivity index (χ0v) is 22.4. The Morgan fingerprint density at radius 2 is 1.66 bits per heavy atom. The summed E-state index contributed by atoms with van der Waals surface area (Å²) in [6.45, 7) is 16.5. The molecule has 4 fully saturated rings. The third-order valence-corrected chi connectivity index (χ3v) is 11.5. The van der Waals surface area contributed by atoms with Crippen molar-refractivity contribution in [1.29, 1.82) is 0 Å². The highest BCUT2D eigenvalue weighted by Gasteiger charge is 2.61. The van der Waals surface area contributed by atoms with Gasteiger partial charge in [0.1, 0.15) is 5.78 Å². The fraction of sp³-hybridized carbons (Fsp3) is 0.900. The van der Waals surface area contributed by atoms with E-state index in [1.807, 2.05) is 0 Å². The van der Waals surface area contributed by atoms with E-state index in [0.29, 0.717) is 34.0 Å². The summed E-state index contributed by atoms with van der Waals surface area (Å²) < 4.78 is 0. The Labute approximate surface area is 203 Å². The minimum Gasteiger partial charge on any atom is -0.299 e. The number of allylic oxidation sites excluding steroid dienone is 1. The summed E-state index contributed by atoms with van der Waals surface area (Å²) >= 11 is 6.23. The average Bonchev–Trinajstić information content (AvgIpc) is 3.07. The number of hydrogen-bond acceptors (Lipinski definition) is 1. The van der Waals surface area contributed by atoms with Crippen molar-refractivity contribution in [3.8, 4) is 0 Å². The fourth-order valence-corrected chi connectivity index (χ4v) is 10.0. The second-order valence-corrected chi connectivity index (χ2v) is 13.9. The minimum atomic E-state index is 0.130. The summed E-state index contributed by atoms with van der Waals surface area (Å²) in [4.78, 5) is 12.9. The van der Waals surface area contributed by atoms with Crippen molar-refractivity contribution < 1.29 is 4.79 Å². The average molecular weight is 461 g/mol. The van der Waals surface area contributed by atoms with Crippen LogP contribution in [-0.2, 0) is 4.79 Å². The SMILES string of the molecule is C=C(Cl)C[C@@H]1C(=O)CC[C@@]2(C)C1CC[C@H]1[C@@H]3CC[C@H]([C@H](C)CCCC(C)C)[C@@]3(C)CC[C@@H]12. The number of halogens is 1. The minimum absolute atomic E-state index is 0.130. The maximum absolute atomic E-state index is 12.9. The molecule has 0 saturated heterocycles. The predicted octanol–water partition coefficient (Wildman–Crippen LogP) is 9.05. The largest absolute Gasteiger partial charge is 0.299 e. The van der Waals surface area contributed by atoms with Gasteiger partial charge >= 0.3 is 0 Å². The molecular weight excluding hydrogens is 412 g/mol. The smallest absolute Gasteiger partial charge is 0.136 e. The molecule has 0 aromatic carbocycles. The summed E-state index contributed by atoms with van der Waals surface area (Å²) in [5.41, 5.74) is 0.881. The third-order valence-electron chi connectivity index (χ3n) is 11.4. The molecule has 4 aliphatic rings. The first kappa shape index (κ1) is 24.8. The third kappa shape index (κ3) is 4.27. The molecule has 0 radical (unpaired) electrons. The molecule has 0 aliphatic heterocycles. The number of carbonyl (C=O) groups excluding carboxylic acids is 1. The molecule has 1 nitrogen and oxygen atoms in total. The van der Waals surface area contributed by atoms with Gasteiger partial charge < -0.3 is 0 Å². The van der Waals surface area contributed by atoms with Crippen LogP contribution in [0.25, 0.3) is 0 Å². The van der Waals surface area contributed by atoms with Crippen molar-refractivity contribution in [2.24, 2.45) is 58.2 Å². The number of ketones is 1. The van der Waals surface area contributed by atoms with Gasteiger partial charge in [0.25, 0.3) is 0 Å². The maximum atomic E-state index is 12.9. The standard InChI is InChI=1S/C30H49ClO/c1-19(2)8-7-9-20(3)24-12-13-25-22-10-11-26-23(18-21(4)31)28(32)15-17-30(26,6)27(22)14-16-29(24,25)5/h19-20,22-27H,4,7-18H2,1-3,5-6H3/t20-,22+,23+,24-,25+,26?,27+,29-,30+/m1/s1. The first-order valence-electron chi connectivity index (χ1n) is 13.9. The number of hydrogen-bond donors (Lipinski definition) is 0. The van der Waals surface area contributed by atoms with Crippen molar-refractivity contribution in [3.63, 3.8) is 0 Å². The summed E-state index contributed by atoms with van der Waals surface area (Å²) in [5, 5.41) is 0.677. The van der Waals surface area contributed by atoms with Gasteiger partial charge in [0, 0.05) is 17.4 Å². The monoisotopic (exact) mass is 460 g/mol. The molecule has 182 valence electrons. The van der Waals surface area contributed by atoms with Gasteiger partial charge in [-0.2, -0.15) is 0 Å². The molecule has 2 heteroatoms. The maximum Gasteiger partial charge on any atom is 0.136 e. The van der Waals surface area contributed by atoms with Gasteiger partial charge in [-0.05, 0) is 104 Å². The Hall–Kier alpha value is -0.300. The second kappa shape index (κ2) is 9.39. The molecule has 0 aromatic heterocycles. The Morgan fingerprint density at radius 1 is 0.969 bits per heavy atom. The normalized spacial score (nSPS) is 44.7. The van der Waals surface area contributed by atoms with Crippen molar-refractivity contribution in [2.75, 3.05) is 0 Å². The first-order chi connectivity index (χ1) is 15.1. The van der Waals surface area contributed by atoms with Crippen LogP contribution in [0.1, 0.15) is 112 Å². The molecule has 1 unspecified atom stereocenters. The van der Waals surface area contributed by atoms with E-state index < -0.39 is 0 Å². The number of Topliss-reactive ketones (excluding diaryl/α,β-unsaturated/α-hetero) is 1. The molecule has 4 aliphatic carbocycles. The van der Waals surface area contributed by atoms with E-state index in [-0.39, 0.29) is 5.92 Å². The molecule has 0 bridgehead atoms. The molecule has 0 heterocycles. The lowest BCUT2D eigenvalue weighted by molar-refractivity contribution is -0.152. The van der Waals surface area contributed by atoms with Gasteiger partial charge in [0.15, 0.2) is 0 Å². The van der Waals surface area contributed by atoms with E-state index in [4.69, 9.17) is 11.6 Å². The Balaban J connectivity index is 1.50. The van der Waals surface area contributed by atoms with Gasteiger partial charge in [-0.1, -0.05) is 72.1 Å². The molecular formula is C30H49ClO. The van der Waals surface area contributed by atoms with Crippen molar-refractivity contribution in [1.82, 2.24) is 0 Å². The van der Waals surface area contributed by atoms with E-state index in [1.54, 1.807) is 0 Å². The molecule has 0 N–H and O–H groups in total. The lowest BCUT2D eigenvalue weighted by Gasteiger charge is -2.62. The van der Waals surface area contributed by atoms with Crippen LogP contribution in [0.2, 0.25) is 0 Å². The van der Waals surface area contributed by atoms with Crippen LogP contribution in [0, 0.1) is 58.2 Å². The van der Waals surface area contributed by atoms with Crippen LogP contribution in [0.3, 0.4) is 0 Å². The van der Waals surface area contributed by atoms with Crippen LogP contribution in [0.15, 0.2) is 11.6 Å². The van der Waals surface area contributed by atoms with Crippen LogP contribution < -0.4 is 0 Å². The van der Waals surface area contributed by atoms with Gasteiger partial charge in [0.05, 0.1) is 0 Å². The molecule has 9 atom stereocenters. The van der Waals surface area contributed by atoms with Gasteiger partial charge in [0.2, 0.25) is 0 Å². The van der Waals surface area contributed by atoms with Crippen molar-refractivity contribution in [2.45, 2.75) is 112 Å². The number of rotatable bonds is 7. The first-order valence-corrected chi connectivity index (χ1v) is 14.3. The molecule has 4 saturated carbocycles. The Kier molecular flexibility index (Phi) is 7.28. The summed E-state index contributed by atoms with van der Waals surface area (Å²) in [5.74, 6) is 6.36. The highest BCUT2D eigenvalue weighted by Crippen LogP contribution is 2.69. The van der Waals surface area contributed by atoms with Crippen LogP contribution in [-0.4, -0.2) is 5.78 Å². The number of fused-ring (bicyclic) bond motifs is 5. The zero-order valence-electron chi connectivity index (χ0n) is 21.6. The molecule has 0 spiro atoms. The molecule has 32 heavy (non-hydrogen) atoms. The Bertz CT molecular complexity index is 712. The van der Waals surface area contributed by atoms with E-state index in [9.17, 15) is 4.79 Å². The van der Waals surface area contributed by atoms with Crippen molar-refractivity contribution in [3.05, 3.63) is 11.6 Å². The van der Waals surface area contributed by atoms with E-state index in [1.165, 1.54) is 57.8 Å². The van der Waals surface area contributed by atoms with Crippen LogP contribution in [0.5, 0.6) is 0 Å². The lowest BCUT2D eigenvalue weighted by Crippen LogP contribution is -2.56. The molecule has 4 rings (SSSR count). The van der Waals surface area contributed by atoms with E-state index in [2.05, 4.69) is 41.2 Å². The van der Waals surface area contributed by atoms with Crippen LogP contribution >= 0.6 is 11.6 Å². The van der Waals surface area contributed by atoms with E-state index >= 15 is 0 Å². The quantitative estimate of drug-likeness (QED) is 0.370. The van der Waals surface area contributed by atoms with Gasteiger partial charge in [-0.3, -0.25) is 4.79 Å². The highest BCUT2D eigenvalue weighted by atomic mass is 35.5. The van der Waals surface area contributed by atoms with Gasteiger partial charge in [-0.15, -0.1) is 0 Å². The zero-order chi connectivity index (χ0) is 23.3.